The van der Waals surface area contributed by atoms with E-state index in [1.165, 1.54) is 12.3 Å². The Balaban J connectivity index is 3.13. The number of aromatic nitrogens is 1. The number of rotatable bonds is 5. The van der Waals surface area contributed by atoms with E-state index in [1.807, 2.05) is 6.92 Å². The highest BCUT2D eigenvalue weighted by Gasteiger charge is 2.22. The van der Waals surface area contributed by atoms with Gasteiger partial charge in [-0.05, 0) is 12.5 Å². The molecular weight excluding hydrogens is 232 g/mol. The van der Waals surface area contributed by atoms with Crippen molar-refractivity contribution >= 4 is 11.5 Å². The minimum absolute atomic E-state index is 0.0203. The third-order valence-corrected chi connectivity index (χ3v) is 2.43. The van der Waals surface area contributed by atoms with Crippen LogP contribution in [0.2, 0.25) is 0 Å². The van der Waals surface area contributed by atoms with Crippen molar-refractivity contribution in [2.24, 2.45) is 0 Å². The van der Waals surface area contributed by atoms with Crippen LogP contribution in [0.5, 0.6) is 0 Å². The molecule has 18 heavy (non-hydrogen) atoms. The van der Waals surface area contributed by atoms with Gasteiger partial charge < -0.3 is 5.32 Å². The highest BCUT2D eigenvalue weighted by molar-refractivity contribution is 5.64. The van der Waals surface area contributed by atoms with Gasteiger partial charge in [0.2, 0.25) is 5.82 Å². The summed E-state index contributed by atoms with van der Waals surface area (Å²) in [4.78, 5) is 14.3. The largest absolute Gasteiger partial charge is 0.361 e. The maximum atomic E-state index is 11.0. The lowest BCUT2D eigenvalue weighted by atomic mass is 10.1. The first-order valence-electron chi connectivity index (χ1n) is 5.37. The van der Waals surface area contributed by atoms with Gasteiger partial charge in [0.05, 0.1) is 4.92 Å². The lowest BCUT2D eigenvalue weighted by Crippen LogP contribution is -2.19. The van der Waals surface area contributed by atoms with Crippen molar-refractivity contribution in [1.29, 1.82) is 5.26 Å². The van der Waals surface area contributed by atoms with Crippen molar-refractivity contribution in [3.63, 3.8) is 0 Å². The zero-order valence-electron chi connectivity index (χ0n) is 9.88. The summed E-state index contributed by atoms with van der Waals surface area (Å²) >= 11 is 0. The molecule has 0 aliphatic carbocycles. The van der Waals surface area contributed by atoms with Crippen LogP contribution in [0.4, 0.5) is 11.5 Å². The minimum Gasteiger partial charge on any atom is -0.361 e. The van der Waals surface area contributed by atoms with E-state index in [-0.39, 0.29) is 23.1 Å². The van der Waals surface area contributed by atoms with Gasteiger partial charge in [-0.15, -0.1) is 12.3 Å². The van der Waals surface area contributed by atoms with E-state index in [4.69, 9.17) is 11.7 Å². The van der Waals surface area contributed by atoms with Crippen LogP contribution in [-0.2, 0) is 0 Å². The van der Waals surface area contributed by atoms with Crippen LogP contribution in [-0.4, -0.2) is 15.9 Å². The van der Waals surface area contributed by atoms with Crippen LogP contribution >= 0.6 is 0 Å². The second-order valence-electron chi connectivity index (χ2n) is 3.58. The van der Waals surface area contributed by atoms with E-state index in [9.17, 15) is 10.1 Å². The van der Waals surface area contributed by atoms with Crippen LogP contribution in [0.1, 0.15) is 25.3 Å². The number of pyridine rings is 1. The zero-order valence-corrected chi connectivity index (χ0v) is 9.88. The molecule has 1 aromatic heterocycles. The Morgan fingerprint density at radius 1 is 1.72 bits per heavy atom. The molecule has 1 heterocycles. The van der Waals surface area contributed by atoms with Crippen LogP contribution in [0.3, 0.4) is 0 Å². The van der Waals surface area contributed by atoms with Crippen molar-refractivity contribution in [2.75, 3.05) is 5.32 Å². The van der Waals surface area contributed by atoms with E-state index in [0.29, 0.717) is 12.8 Å². The molecule has 6 nitrogen and oxygen atoms in total. The van der Waals surface area contributed by atoms with Gasteiger partial charge in [0, 0.05) is 18.7 Å². The van der Waals surface area contributed by atoms with Crippen molar-refractivity contribution in [2.45, 2.75) is 25.8 Å². The normalized spacial score (nSPS) is 11.1. The van der Waals surface area contributed by atoms with E-state index in [0.717, 1.165) is 0 Å². The van der Waals surface area contributed by atoms with Crippen molar-refractivity contribution in [1.82, 2.24) is 4.98 Å². The first-order valence-corrected chi connectivity index (χ1v) is 5.37. The molecule has 0 aromatic carbocycles. The summed E-state index contributed by atoms with van der Waals surface area (Å²) in [5.74, 6) is 2.58. The Morgan fingerprint density at radius 3 is 2.94 bits per heavy atom. The van der Waals surface area contributed by atoms with E-state index >= 15 is 0 Å². The topological polar surface area (TPSA) is 91.8 Å². The number of nitrogens with zero attached hydrogens (tertiary/aromatic N) is 3. The van der Waals surface area contributed by atoms with Gasteiger partial charge >= 0.3 is 5.69 Å². The third kappa shape index (κ3) is 2.96. The molecular formula is C12H12N4O2. The average Bonchev–Trinajstić information content (AvgIpc) is 2.37. The zero-order chi connectivity index (χ0) is 13.5. The maximum Gasteiger partial charge on any atom is 0.328 e. The molecule has 0 saturated heterocycles. The highest BCUT2D eigenvalue weighted by atomic mass is 16.6. The second kappa shape index (κ2) is 6.21. The standard InChI is InChI=1S/C12H12N4O2/c1-3-5-10(4-2)15-12-11(16(17)18)9(8-13)6-7-14-12/h1,6-7,10H,4-5H2,2H3,(H,14,15). The van der Waals surface area contributed by atoms with Crippen LogP contribution in [0.15, 0.2) is 12.3 Å². The average molecular weight is 244 g/mol. The van der Waals surface area contributed by atoms with E-state index in [2.05, 4.69) is 16.2 Å². The SMILES string of the molecule is C#CCC(CC)Nc1nccc(C#N)c1[N+](=O)[O-]. The second-order valence-corrected chi connectivity index (χ2v) is 3.58. The Kier molecular flexibility index (Phi) is 4.65. The molecule has 0 fully saturated rings. The summed E-state index contributed by atoms with van der Waals surface area (Å²) in [5.41, 5.74) is -0.330. The molecule has 6 heteroatoms. The maximum absolute atomic E-state index is 11.0. The monoisotopic (exact) mass is 244 g/mol. The summed E-state index contributed by atoms with van der Waals surface area (Å²) in [7, 11) is 0. The molecule has 0 saturated carbocycles. The lowest BCUT2D eigenvalue weighted by Gasteiger charge is -2.14. The molecule has 0 bridgehead atoms. The Hall–Kier alpha value is -2.60. The summed E-state index contributed by atoms with van der Waals surface area (Å²) < 4.78 is 0. The van der Waals surface area contributed by atoms with Gasteiger partial charge in [0.25, 0.3) is 0 Å². The van der Waals surface area contributed by atoms with Gasteiger partial charge in [-0.1, -0.05) is 6.92 Å². The van der Waals surface area contributed by atoms with Gasteiger partial charge in [0.1, 0.15) is 11.6 Å². The van der Waals surface area contributed by atoms with E-state index in [1.54, 1.807) is 6.07 Å². The fraction of sp³-hybridized carbons (Fsp3) is 0.333. The van der Waals surface area contributed by atoms with Gasteiger partial charge in [0.15, 0.2) is 0 Å². The fourth-order valence-electron chi connectivity index (χ4n) is 1.47. The molecule has 0 aliphatic rings. The molecule has 0 spiro atoms. The van der Waals surface area contributed by atoms with Crippen molar-refractivity contribution in [3.8, 4) is 18.4 Å². The molecule has 1 atom stereocenters. The lowest BCUT2D eigenvalue weighted by molar-refractivity contribution is -0.384. The van der Waals surface area contributed by atoms with Crippen LogP contribution in [0.25, 0.3) is 0 Å². The third-order valence-electron chi connectivity index (χ3n) is 2.43. The summed E-state index contributed by atoms with van der Waals surface area (Å²) in [6.07, 6.45) is 7.72. The van der Waals surface area contributed by atoms with Crippen LogP contribution < -0.4 is 5.32 Å². The first-order chi connectivity index (χ1) is 8.63. The van der Waals surface area contributed by atoms with Crippen LogP contribution in [0, 0.1) is 33.8 Å². The molecule has 1 aromatic rings. The quantitative estimate of drug-likeness (QED) is 0.486. The molecule has 1 N–H and O–H groups in total. The Morgan fingerprint density at radius 2 is 2.44 bits per heavy atom. The van der Waals surface area contributed by atoms with Gasteiger partial charge in [-0.2, -0.15) is 5.26 Å². The summed E-state index contributed by atoms with van der Waals surface area (Å²) in [5, 5.41) is 22.7. The number of hydrogen-bond donors (Lipinski definition) is 1. The molecule has 1 unspecified atom stereocenters. The number of terminal acetylenes is 1. The Bertz CT molecular complexity index is 528. The predicted molar refractivity (Wildman–Crippen MR) is 66.8 cm³/mol. The minimum atomic E-state index is -0.615. The first kappa shape index (κ1) is 13.5. The Labute approximate surface area is 105 Å². The van der Waals surface area contributed by atoms with Gasteiger partial charge in [-0.3, -0.25) is 10.1 Å². The predicted octanol–water partition coefficient (Wildman–Crippen LogP) is 2.08. The van der Waals surface area contributed by atoms with Gasteiger partial charge in [-0.25, -0.2) is 4.98 Å². The summed E-state index contributed by atoms with van der Waals surface area (Å²) in [6.45, 7) is 1.91. The molecule has 0 amide bonds. The van der Waals surface area contributed by atoms with E-state index < -0.39 is 4.92 Å². The number of nitro groups is 1. The number of hydrogen-bond acceptors (Lipinski definition) is 5. The molecule has 0 aliphatic heterocycles. The number of nitrogens with one attached hydrogen (secondary N) is 1. The molecule has 0 radical (unpaired) electrons. The number of anilines is 1. The molecule has 92 valence electrons. The highest BCUT2D eigenvalue weighted by Crippen LogP contribution is 2.26. The smallest absolute Gasteiger partial charge is 0.328 e. The van der Waals surface area contributed by atoms with Crippen molar-refractivity contribution < 1.29 is 4.92 Å². The van der Waals surface area contributed by atoms with Crippen molar-refractivity contribution in [3.05, 3.63) is 27.9 Å². The fourth-order valence-corrected chi connectivity index (χ4v) is 1.47. The molecule has 1 rings (SSSR count). The summed E-state index contributed by atoms with van der Waals surface area (Å²) in [6, 6.07) is 2.99. The number of nitriles is 1.